The van der Waals surface area contributed by atoms with Crippen LogP contribution in [0.1, 0.15) is 25.0 Å². The first-order valence-corrected chi connectivity index (χ1v) is 7.42. The van der Waals surface area contributed by atoms with Gasteiger partial charge in [-0.1, -0.05) is 6.07 Å². The number of aryl methyl sites for hydroxylation is 2. The van der Waals surface area contributed by atoms with Gasteiger partial charge in [-0.05, 0) is 62.6 Å². The lowest BCUT2D eigenvalue weighted by Crippen LogP contribution is -2.24. The molecule has 0 aliphatic heterocycles. The zero-order valence-corrected chi connectivity index (χ0v) is 13.6. The zero-order chi connectivity index (χ0) is 15.4. The van der Waals surface area contributed by atoms with Crippen LogP contribution in [0, 0.1) is 13.8 Å². The van der Waals surface area contributed by atoms with E-state index in [1.54, 1.807) is 0 Å². The minimum Gasteiger partial charge on any atom is -0.341 e. The first-order chi connectivity index (χ1) is 10.0. The molecule has 0 aliphatic rings. The van der Waals surface area contributed by atoms with Crippen LogP contribution in [0.25, 0.3) is 0 Å². The lowest BCUT2D eigenvalue weighted by molar-refractivity contribution is 0.814. The summed E-state index contributed by atoms with van der Waals surface area (Å²) < 4.78 is 0. The van der Waals surface area contributed by atoms with Crippen LogP contribution in [0.4, 0.5) is 17.6 Å². The van der Waals surface area contributed by atoms with Gasteiger partial charge < -0.3 is 10.2 Å². The summed E-state index contributed by atoms with van der Waals surface area (Å²) in [5, 5.41) is 3.38. The van der Waals surface area contributed by atoms with Crippen LogP contribution in [-0.4, -0.2) is 28.0 Å². The molecule has 0 radical (unpaired) electrons. The molecular weight excluding hydrogens is 286 g/mol. The highest BCUT2D eigenvalue weighted by Gasteiger charge is 2.10. The van der Waals surface area contributed by atoms with Crippen molar-refractivity contribution in [2.24, 2.45) is 0 Å². The van der Waals surface area contributed by atoms with Gasteiger partial charge in [-0.25, -0.2) is 0 Å². The fourth-order valence-electron chi connectivity index (χ4n) is 1.99. The van der Waals surface area contributed by atoms with E-state index in [1.165, 1.54) is 11.1 Å². The van der Waals surface area contributed by atoms with Crippen LogP contribution >= 0.6 is 11.6 Å². The van der Waals surface area contributed by atoms with E-state index in [9.17, 15) is 0 Å². The van der Waals surface area contributed by atoms with E-state index >= 15 is 0 Å². The van der Waals surface area contributed by atoms with Crippen molar-refractivity contribution in [3.63, 3.8) is 0 Å². The average molecular weight is 306 g/mol. The largest absolute Gasteiger partial charge is 0.341 e. The molecule has 0 saturated heterocycles. The summed E-state index contributed by atoms with van der Waals surface area (Å²) in [5.74, 6) is 1.05. The van der Waals surface area contributed by atoms with Crippen molar-refractivity contribution in [3.05, 3.63) is 34.6 Å². The normalized spacial score (nSPS) is 10.5. The molecule has 2 rings (SSSR count). The highest BCUT2D eigenvalue weighted by atomic mass is 35.5. The van der Waals surface area contributed by atoms with E-state index in [4.69, 9.17) is 11.6 Å². The topological polar surface area (TPSA) is 53.9 Å². The second-order valence-electron chi connectivity index (χ2n) is 4.82. The van der Waals surface area contributed by atoms with E-state index in [2.05, 4.69) is 60.1 Å². The molecule has 0 unspecified atom stereocenters. The Morgan fingerprint density at radius 1 is 1.05 bits per heavy atom. The molecule has 2 aromatic rings. The summed E-state index contributed by atoms with van der Waals surface area (Å²) in [4.78, 5) is 14.8. The van der Waals surface area contributed by atoms with Crippen LogP contribution in [0.2, 0.25) is 5.28 Å². The molecule has 0 aliphatic carbocycles. The Kier molecular flexibility index (Phi) is 4.96. The van der Waals surface area contributed by atoms with E-state index in [0.717, 1.165) is 18.8 Å². The third-order valence-electron chi connectivity index (χ3n) is 3.41. The number of benzene rings is 1. The molecule has 6 heteroatoms. The maximum Gasteiger partial charge on any atom is 0.233 e. The number of hydrogen-bond acceptors (Lipinski definition) is 5. The number of anilines is 3. The standard InChI is InChI=1S/C15H20ClN5/c1-5-21(6-2)15-19-13(16)18-14(20-15)17-12-8-7-10(3)11(4)9-12/h7-9H,5-6H2,1-4H3,(H,17,18,19,20). The molecule has 112 valence electrons. The van der Waals surface area contributed by atoms with Gasteiger partial charge in [0.1, 0.15) is 0 Å². The maximum atomic E-state index is 6.00. The van der Waals surface area contributed by atoms with Gasteiger partial charge in [-0.15, -0.1) is 0 Å². The number of nitrogens with zero attached hydrogens (tertiary/aromatic N) is 4. The van der Waals surface area contributed by atoms with Crippen molar-refractivity contribution in [1.82, 2.24) is 15.0 Å². The minimum atomic E-state index is 0.193. The quantitative estimate of drug-likeness (QED) is 0.912. The Labute approximate surface area is 130 Å². The van der Waals surface area contributed by atoms with Crippen molar-refractivity contribution >= 4 is 29.2 Å². The van der Waals surface area contributed by atoms with Crippen LogP contribution in [0.3, 0.4) is 0 Å². The zero-order valence-electron chi connectivity index (χ0n) is 12.8. The predicted molar refractivity (Wildman–Crippen MR) is 87.6 cm³/mol. The molecular formula is C15H20ClN5. The molecule has 0 fully saturated rings. The van der Waals surface area contributed by atoms with Crippen molar-refractivity contribution in [2.75, 3.05) is 23.3 Å². The Hall–Kier alpha value is -1.88. The molecule has 0 amide bonds. The summed E-state index contributed by atoms with van der Waals surface area (Å²) in [6, 6.07) is 6.12. The highest BCUT2D eigenvalue weighted by molar-refractivity contribution is 6.28. The number of hydrogen-bond donors (Lipinski definition) is 1. The second-order valence-corrected chi connectivity index (χ2v) is 5.16. The van der Waals surface area contributed by atoms with Gasteiger partial charge >= 0.3 is 0 Å². The molecule has 1 aromatic heterocycles. The maximum absolute atomic E-state index is 6.00. The Morgan fingerprint density at radius 3 is 2.38 bits per heavy atom. The summed E-state index contributed by atoms with van der Waals surface area (Å²) in [6.45, 7) is 9.90. The molecule has 1 N–H and O–H groups in total. The number of nitrogens with one attached hydrogen (secondary N) is 1. The number of halogens is 1. The third kappa shape index (κ3) is 3.82. The van der Waals surface area contributed by atoms with Crippen molar-refractivity contribution in [1.29, 1.82) is 0 Å². The lowest BCUT2D eigenvalue weighted by Gasteiger charge is -2.18. The second kappa shape index (κ2) is 6.72. The van der Waals surface area contributed by atoms with E-state index in [0.29, 0.717) is 11.9 Å². The summed E-state index contributed by atoms with van der Waals surface area (Å²) in [5.41, 5.74) is 3.40. The van der Waals surface area contributed by atoms with Crippen molar-refractivity contribution < 1.29 is 0 Å². The van der Waals surface area contributed by atoms with Gasteiger partial charge in [0.2, 0.25) is 17.2 Å². The van der Waals surface area contributed by atoms with Gasteiger partial charge in [0.05, 0.1) is 0 Å². The van der Waals surface area contributed by atoms with Gasteiger partial charge in [0.25, 0.3) is 0 Å². The third-order valence-corrected chi connectivity index (χ3v) is 3.57. The first kappa shape index (κ1) is 15.5. The van der Waals surface area contributed by atoms with Crippen LogP contribution in [0.15, 0.2) is 18.2 Å². The summed E-state index contributed by atoms with van der Waals surface area (Å²) in [6.07, 6.45) is 0. The van der Waals surface area contributed by atoms with Gasteiger partial charge in [-0.3, -0.25) is 0 Å². The Bertz CT molecular complexity index is 625. The molecule has 0 spiro atoms. The van der Waals surface area contributed by atoms with Gasteiger partial charge in [0, 0.05) is 18.8 Å². The van der Waals surface area contributed by atoms with Gasteiger partial charge in [-0.2, -0.15) is 15.0 Å². The fraction of sp³-hybridized carbons (Fsp3) is 0.400. The molecule has 21 heavy (non-hydrogen) atoms. The number of rotatable bonds is 5. The molecule has 1 heterocycles. The van der Waals surface area contributed by atoms with Crippen LogP contribution in [0.5, 0.6) is 0 Å². The SMILES string of the molecule is CCN(CC)c1nc(Cl)nc(Nc2ccc(C)c(C)c2)n1. The van der Waals surface area contributed by atoms with E-state index in [-0.39, 0.29) is 5.28 Å². The van der Waals surface area contributed by atoms with E-state index < -0.39 is 0 Å². The van der Waals surface area contributed by atoms with Gasteiger partial charge in [0.15, 0.2) is 0 Å². The lowest BCUT2D eigenvalue weighted by atomic mass is 10.1. The van der Waals surface area contributed by atoms with Crippen molar-refractivity contribution in [3.8, 4) is 0 Å². The highest BCUT2D eigenvalue weighted by Crippen LogP contribution is 2.20. The first-order valence-electron chi connectivity index (χ1n) is 7.04. The molecule has 0 saturated carbocycles. The smallest absolute Gasteiger partial charge is 0.233 e. The molecule has 1 aromatic carbocycles. The Balaban J connectivity index is 2.29. The fourth-order valence-corrected chi connectivity index (χ4v) is 2.15. The average Bonchev–Trinajstić information content (AvgIpc) is 2.44. The van der Waals surface area contributed by atoms with Crippen LogP contribution < -0.4 is 10.2 Å². The molecule has 5 nitrogen and oxygen atoms in total. The van der Waals surface area contributed by atoms with E-state index in [1.807, 2.05) is 11.0 Å². The summed E-state index contributed by atoms with van der Waals surface area (Å²) in [7, 11) is 0. The molecule has 0 atom stereocenters. The van der Waals surface area contributed by atoms with Crippen LogP contribution in [-0.2, 0) is 0 Å². The predicted octanol–water partition coefficient (Wildman–Crippen LogP) is 3.73. The monoisotopic (exact) mass is 305 g/mol. The van der Waals surface area contributed by atoms with Crippen molar-refractivity contribution in [2.45, 2.75) is 27.7 Å². The minimum absolute atomic E-state index is 0.193. The molecule has 0 bridgehead atoms. The summed E-state index contributed by atoms with van der Waals surface area (Å²) >= 11 is 6.00. The number of aromatic nitrogens is 3. The Morgan fingerprint density at radius 2 is 1.76 bits per heavy atom.